The summed E-state index contributed by atoms with van der Waals surface area (Å²) in [6.45, 7) is 8.44. The van der Waals surface area contributed by atoms with E-state index in [2.05, 4.69) is 43.4 Å². The van der Waals surface area contributed by atoms with Crippen molar-refractivity contribution in [2.75, 3.05) is 52.6 Å². The highest BCUT2D eigenvalue weighted by Crippen LogP contribution is 2.33. The molecule has 0 saturated carbocycles. The van der Waals surface area contributed by atoms with Crippen molar-refractivity contribution in [3.8, 4) is 16.9 Å². The number of hydrogen-bond donors (Lipinski definition) is 3. The number of nitrogens with two attached hydrogens (primary N) is 1. The predicted molar refractivity (Wildman–Crippen MR) is 172 cm³/mol. The van der Waals surface area contributed by atoms with E-state index in [-0.39, 0.29) is 12.5 Å². The second-order valence-electron chi connectivity index (χ2n) is 11.3. The summed E-state index contributed by atoms with van der Waals surface area (Å²) in [5, 5.41) is 10.3. The van der Waals surface area contributed by atoms with Gasteiger partial charge in [0.2, 0.25) is 0 Å². The predicted octanol–water partition coefficient (Wildman–Crippen LogP) is 4.93. The fourth-order valence-corrected chi connectivity index (χ4v) is 5.39. The number of fused-ring (bicyclic) bond motifs is 1. The Morgan fingerprint density at radius 1 is 1.05 bits per heavy atom. The summed E-state index contributed by atoms with van der Waals surface area (Å²) >= 11 is 0. The van der Waals surface area contributed by atoms with Gasteiger partial charge in [-0.05, 0) is 102 Å². The van der Waals surface area contributed by atoms with E-state index in [1.54, 1.807) is 6.33 Å². The molecule has 43 heavy (non-hydrogen) atoms. The molecule has 0 atom stereocenters. The number of ether oxygens (including phenoxy) is 1. The maximum atomic E-state index is 12.3. The second kappa shape index (κ2) is 16.1. The molecule has 0 fully saturated rings. The Morgan fingerprint density at radius 3 is 2.63 bits per heavy atom. The van der Waals surface area contributed by atoms with E-state index >= 15 is 0 Å². The molecule has 0 aliphatic heterocycles. The zero-order valence-electron chi connectivity index (χ0n) is 26.1. The Bertz CT molecular complexity index is 1440. The lowest BCUT2D eigenvalue weighted by molar-refractivity contribution is -0.123. The summed E-state index contributed by atoms with van der Waals surface area (Å²) in [5.41, 5.74) is 12.4. The Kier molecular flexibility index (Phi) is 12.0. The van der Waals surface area contributed by atoms with Crippen molar-refractivity contribution in [1.82, 2.24) is 30.2 Å². The van der Waals surface area contributed by atoms with Crippen LogP contribution in [-0.2, 0) is 11.3 Å². The van der Waals surface area contributed by atoms with Gasteiger partial charge in [0, 0.05) is 18.7 Å². The quantitative estimate of drug-likeness (QED) is 0.110. The van der Waals surface area contributed by atoms with Gasteiger partial charge < -0.3 is 35.1 Å². The zero-order valence-corrected chi connectivity index (χ0v) is 26.1. The van der Waals surface area contributed by atoms with Crippen LogP contribution in [0.3, 0.4) is 0 Å². The first-order valence-electron chi connectivity index (χ1n) is 15.3. The number of aromatic nitrogens is 3. The number of nitrogens with zero attached hydrogens (tertiary/aromatic N) is 4. The van der Waals surface area contributed by atoms with Crippen molar-refractivity contribution in [3.63, 3.8) is 0 Å². The Morgan fingerprint density at radius 2 is 1.84 bits per heavy atom. The number of amides is 1. The lowest BCUT2D eigenvalue weighted by atomic mass is 10.0. The monoisotopic (exact) mass is 589 g/mol. The molecule has 0 saturated heterocycles. The van der Waals surface area contributed by atoms with Gasteiger partial charge in [0.25, 0.3) is 5.91 Å². The van der Waals surface area contributed by atoms with Gasteiger partial charge in [0.05, 0.1) is 23.2 Å². The van der Waals surface area contributed by atoms with Crippen LogP contribution < -0.4 is 21.1 Å². The minimum absolute atomic E-state index is 0.00528. The maximum Gasteiger partial charge on any atom is 0.257 e. The lowest BCUT2D eigenvalue weighted by Gasteiger charge is -2.16. The third-order valence-corrected chi connectivity index (χ3v) is 7.70. The molecule has 0 unspecified atom stereocenters. The minimum Gasteiger partial charge on any atom is -0.484 e. The van der Waals surface area contributed by atoms with Gasteiger partial charge in [-0.1, -0.05) is 36.6 Å². The molecule has 0 bridgehead atoms. The second-order valence-corrected chi connectivity index (χ2v) is 11.3. The fourth-order valence-electron chi connectivity index (χ4n) is 5.39. The normalized spacial score (nSPS) is 11.5. The highest BCUT2D eigenvalue weighted by Gasteiger charge is 2.16. The van der Waals surface area contributed by atoms with Crippen molar-refractivity contribution in [2.45, 2.75) is 58.9 Å². The molecule has 10 nitrogen and oxygen atoms in total. The van der Waals surface area contributed by atoms with Crippen LogP contribution in [0.25, 0.3) is 22.2 Å². The van der Waals surface area contributed by atoms with Gasteiger partial charge in [0.15, 0.2) is 6.61 Å². The van der Waals surface area contributed by atoms with E-state index < -0.39 is 0 Å². The topological polar surface area (TPSA) is 123 Å². The van der Waals surface area contributed by atoms with Gasteiger partial charge in [-0.3, -0.25) is 4.79 Å². The van der Waals surface area contributed by atoms with Crippen molar-refractivity contribution in [3.05, 3.63) is 59.7 Å². The van der Waals surface area contributed by atoms with E-state index in [1.165, 1.54) is 25.7 Å². The van der Waals surface area contributed by atoms with Gasteiger partial charge in [0.1, 0.15) is 17.0 Å². The van der Waals surface area contributed by atoms with Gasteiger partial charge in [-0.25, -0.2) is 4.98 Å². The minimum atomic E-state index is -0.100. The average molecular weight is 590 g/mol. The van der Waals surface area contributed by atoms with Crippen molar-refractivity contribution >= 4 is 22.6 Å². The largest absolute Gasteiger partial charge is 0.484 e. The standard InChI is InChI=1S/C33H47N7O3/c1-24-32(25(2)43-38-24)27-19-29(34)33-30(20-27)40(23-37-33)21-26-12-10-13-28(18-26)42-22-31(41)36-15-8-6-5-7-9-16-39(4)17-11-14-35-3/h10,12-13,18-20,23,35H,5-9,11,14-17,21-22,34H2,1-4H3,(H,36,41). The third kappa shape index (κ3) is 9.30. The Balaban J connectivity index is 1.20. The smallest absolute Gasteiger partial charge is 0.257 e. The van der Waals surface area contributed by atoms with Crippen LogP contribution in [0.4, 0.5) is 5.69 Å². The molecule has 0 aliphatic carbocycles. The molecule has 1 amide bonds. The number of carbonyl (C=O) groups is 1. The number of nitrogen functional groups attached to an aromatic ring is 1. The van der Waals surface area contributed by atoms with Crippen LogP contribution in [0, 0.1) is 13.8 Å². The molecule has 4 aromatic rings. The van der Waals surface area contributed by atoms with Crippen LogP contribution in [0.2, 0.25) is 0 Å². The summed E-state index contributed by atoms with van der Waals surface area (Å²) in [4.78, 5) is 19.3. The number of benzene rings is 2. The number of unbranched alkanes of at least 4 members (excludes halogenated alkanes) is 4. The van der Waals surface area contributed by atoms with Crippen LogP contribution in [0.5, 0.6) is 5.75 Å². The molecule has 2 aromatic heterocycles. The number of hydrogen-bond acceptors (Lipinski definition) is 8. The Labute approximate surface area is 255 Å². The van der Waals surface area contributed by atoms with Crippen LogP contribution >= 0.6 is 0 Å². The molecule has 10 heteroatoms. The number of aryl methyl sites for hydroxylation is 2. The fraction of sp³-hybridized carbons (Fsp3) is 0.485. The third-order valence-electron chi connectivity index (χ3n) is 7.70. The van der Waals surface area contributed by atoms with Gasteiger partial charge >= 0.3 is 0 Å². The average Bonchev–Trinajstić information content (AvgIpc) is 3.55. The SMILES string of the molecule is CNCCCN(C)CCCCCCCNC(=O)COc1cccc(Cn2cnc3c(N)cc(-c4c(C)noc4C)cc32)c1. The van der Waals surface area contributed by atoms with Crippen molar-refractivity contribution < 1.29 is 14.1 Å². The van der Waals surface area contributed by atoms with E-state index in [9.17, 15) is 4.79 Å². The molecule has 0 spiro atoms. The number of nitrogens with one attached hydrogen (secondary N) is 2. The lowest BCUT2D eigenvalue weighted by Crippen LogP contribution is -2.29. The van der Waals surface area contributed by atoms with Crippen LogP contribution in [0.15, 0.2) is 47.2 Å². The molecule has 232 valence electrons. The highest BCUT2D eigenvalue weighted by atomic mass is 16.5. The molecular formula is C33H47N7O3. The van der Waals surface area contributed by atoms with E-state index in [0.29, 0.717) is 24.5 Å². The molecule has 4 N–H and O–H groups in total. The molecule has 0 radical (unpaired) electrons. The molecule has 4 rings (SSSR count). The first kappa shape index (κ1) is 32.0. The van der Waals surface area contributed by atoms with Gasteiger partial charge in [-0.15, -0.1) is 0 Å². The summed E-state index contributed by atoms with van der Waals surface area (Å²) in [6.07, 6.45) is 8.75. The van der Waals surface area contributed by atoms with Crippen LogP contribution in [-0.4, -0.2) is 72.4 Å². The number of anilines is 1. The van der Waals surface area contributed by atoms with Crippen LogP contribution in [0.1, 0.15) is 55.5 Å². The van der Waals surface area contributed by atoms with E-state index in [0.717, 1.165) is 71.7 Å². The van der Waals surface area contributed by atoms with E-state index in [4.69, 9.17) is 15.0 Å². The molecule has 0 aliphatic rings. The summed E-state index contributed by atoms with van der Waals surface area (Å²) in [5.74, 6) is 1.31. The number of rotatable bonds is 18. The Hall–Kier alpha value is -3.89. The van der Waals surface area contributed by atoms with Crippen molar-refractivity contribution in [2.24, 2.45) is 0 Å². The summed E-state index contributed by atoms with van der Waals surface area (Å²) < 4.78 is 13.2. The first-order valence-corrected chi connectivity index (χ1v) is 15.3. The summed E-state index contributed by atoms with van der Waals surface area (Å²) in [6, 6.07) is 11.8. The molecular weight excluding hydrogens is 542 g/mol. The van der Waals surface area contributed by atoms with E-state index in [1.807, 2.05) is 51.2 Å². The van der Waals surface area contributed by atoms with Crippen molar-refractivity contribution in [1.29, 1.82) is 0 Å². The molecule has 2 aromatic carbocycles. The maximum absolute atomic E-state index is 12.3. The zero-order chi connectivity index (χ0) is 30.6. The number of carbonyl (C=O) groups excluding carboxylic acids is 1. The van der Waals surface area contributed by atoms with Gasteiger partial charge in [-0.2, -0.15) is 0 Å². The highest BCUT2D eigenvalue weighted by molar-refractivity contribution is 5.92. The first-order chi connectivity index (χ1) is 20.9. The summed E-state index contributed by atoms with van der Waals surface area (Å²) in [7, 11) is 4.19. The molecule has 2 heterocycles. The number of imidazole rings is 1.